The maximum absolute atomic E-state index is 11.8. The predicted octanol–water partition coefficient (Wildman–Crippen LogP) is 4.34. The number of aromatic hydroxyl groups is 1. The molecule has 2 N–H and O–H groups in total. The lowest BCUT2D eigenvalue weighted by Crippen LogP contribution is -2.48. The molecule has 4 nitrogen and oxygen atoms in total. The summed E-state index contributed by atoms with van der Waals surface area (Å²) >= 11 is 0. The lowest BCUT2D eigenvalue weighted by molar-refractivity contribution is 0.166. The first-order chi connectivity index (χ1) is 9.90. The van der Waals surface area contributed by atoms with Crippen LogP contribution in [0.5, 0.6) is 5.75 Å². The zero-order chi connectivity index (χ0) is 15.6. The summed E-state index contributed by atoms with van der Waals surface area (Å²) in [6.07, 6.45) is 2.23. The summed E-state index contributed by atoms with van der Waals surface area (Å²) in [7, 11) is 0. The Morgan fingerprint density at radius 2 is 1.86 bits per heavy atom. The summed E-state index contributed by atoms with van der Waals surface area (Å²) in [5.74, 6) is 1.54. The number of hydrogen-bond donors (Lipinski definition) is 2. The van der Waals surface area contributed by atoms with E-state index in [0.29, 0.717) is 23.4 Å². The van der Waals surface area contributed by atoms with Crippen molar-refractivity contribution < 1.29 is 15.0 Å². The molecule has 1 aromatic carbocycles. The second kappa shape index (κ2) is 6.37. The van der Waals surface area contributed by atoms with Gasteiger partial charge in [-0.15, -0.1) is 0 Å². The van der Waals surface area contributed by atoms with Gasteiger partial charge in [0.1, 0.15) is 5.75 Å². The van der Waals surface area contributed by atoms with E-state index < -0.39 is 6.09 Å². The summed E-state index contributed by atoms with van der Waals surface area (Å²) in [4.78, 5) is 13.3. The summed E-state index contributed by atoms with van der Waals surface area (Å²) in [6, 6.07) is 6.46. The van der Waals surface area contributed by atoms with E-state index in [0.717, 1.165) is 12.8 Å². The molecule has 4 heteroatoms. The van der Waals surface area contributed by atoms with Gasteiger partial charge in [0.25, 0.3) is 0 Å². The Bertz CT molecular complexity index is 483. The van der Waals surface area contributed by atoms with Crippen molar-refractivity contribution in [3.63, 3.8) is 0 Å². The molecule has 0 saturated heterocycles. The highest BCUT2D eigenvalue weighted by atomic mass is 16.4. The number of anilines is 1. The maximum Gasteiger partial charge on any atom is 0.412 e. The largest absolute Gasteiger partial charge is 0.508 e. The normalized spacial score (nSPS) is 25.8. The molecule has 0 aromatic heterocycles. The van der Waals surface area contributed by atoms with Crippen LogP contribution in [-0.2, 0) is 0 Å². The summed E-state index contributed by atoms with van der Waals surface area (Å²) < 4.78 is 0. The van der Waals surface area contributed by atoms with Gasteiger partial charge in [0.2, 0.25) is 0 Å². The zero-order valence-electron chi connectivity index (χ0n) is 13.0. The van der Waals surface area contributed by atoms with Gasteiger partial charge >= 0.3 is 6.09 Å². The third-order valence-electron chi connectivity index (χ3n) is 4.65. The van der Waals surface area contributed by atoms with Crippen molar-refractivity contribution in [2.75, 3.05) is 4.90 Å². The van der Waals surface area contributed by atoms with Crippen molar-refractivity contribution in [1.82, 2.24) is 0 Å². The fourth-order valence-corrected chi connectivity index (χ4v) is 3.51. The van der Waals surface area contributed by atoms with Crippen LogP contribution in [0.4, 0.5) is 10.5 Å². The minimum Gasteiger partial charge on any atom is -0.508 e. The van der Waals surface area contributed by atoms with E-state index in [9.17, 15) is 15.0 Å². The molecule has 1 aliphatic rings. The van der Waals surface area contributed by atoms with Gasteiger partial charge in [-0.25, -0.2) is 4.79 Å². The Hall–Kier alpha value is -1.71. The fraction of sp³-hybridized carbons (Fsp3) is 0.588. The quantitative estimate of drug-likeness (QED) is 0.871. The summed E-state index contributed by atoms with van der Waals surface area (Å²) in [5, 5.41) is 19.1. The number of phenols is 1. The van der Waals surface area contributed by atoms with Crippen LogP contribution in [0.25, 0.3) is 0 Å². The molecule has 1 aliphatic carbocycles. The van der Waals surface area contributed by atoms with E-state index in [1.165, 1.54) is 11.3 Å². The van der Waals surface area contributed by atoms with Gasteiger partial charge in [-0.1, -0.05) is 27.2 Å². The van der Waals surface area contributed by atoms with Crippen LogP contribution in [-0.4, -0.2) is 22.3 Å². The second-order valence-electron chi connectivity index (χ2n) is 6.56. The van der Waals surface area contributed by atoms with Gasteiger partial charge in [0, 0.05) is 11.7 Å². The van der Waals surface area contributed by atoms with Crippen molar-refractivity contribution in [2.45, 2.75) is 46.1 Å². The smallest absolute Gasteiger partial charge is 0.412 e. The third-order valence-corrected chi connectivity index (χ3v) is 4.65. The van der Waals surface area contributed by atoms with E-state index in [4.69, 9.17) is 0 Å². The molecule has 0 radical (unpaired) electrons. The molecule has 0 bridgehead atoms. The number of rotatable bonds is 3. The summed E-state index contributed by atoms with van der Waals surface area (Å²) in [5.41, 5.74) is 0.644. The molecule has 1 aromatic rings. The van der Waals surface area contributed by atoms with Gasteiger partial charge < -0.3 is 10.2 Å². The first-order valence-corrected chi connectivity index (χ1v) is 7.71. The Morgan fingerprint density at radius 3 is 2.38 bits per heavy atom. The van der Waals surface area contributed by atoms with E-state index in [1.807, 2.05) is 0 Å². The van der Waals surface area contributed by atoms with Crippen LogP contribution in [0.15, 0.2) is 24.3 Å². The molecule has 0 aliphatic heterocycles. The third kappa shape index (κ3) is 3.49. The Labute approximate surface area is 126 Å². The number of phenolic OH excluding ortho intramolecular Hbond substituents is 1. The van der Waals surface area contributed by atoms with Crippen molar-refractivity contribution in [3.8, 4) is 5.75 Å². The molecule has 2 rings (SSSR count). The van der Waals surface area contributed by atoms with Gasteiger partial charge in [-0.2, -0.15) is 0 Å². The van der Waals surface area contributed by atoms with E-state index in [-0.39, 0.29) is 11.8 Å². The van der Waals surface area contributed by atoms with Crippen LogP contribution in [0.1, 0.15) is 40.0 Å². The monoisotopic (exact) mass is 291 g/mol. The van der Waals surface area contributed by atoms with Crippen molar-refractivity contribution in [3.05, 3.63) is 24.3 Å². The second-order valence-corrected chi connectivity index (χ2v) is 6.56. The number of hydrogen-bond acceptors (Lipinski definition) is 2. The average Bonchev–Trinajstić information content (AvgIpc) is 2.40. The number of carbonyl (C=O) groups is 1. The molecule has 0 heterocycles. The molecule has 1 fully saturated rings. The van der Waals surface area contributed by atoms with Crippen LogP contribution in [0.3, 0.4) is 0 Å². The lowest BCUT2D eigenvalue weighted by Gasteiger charge is -2.42. The first-order valence-electron chi connectivity index (χ1n) is 7.71. The predicted molar refractivity (Wildman–Crippen MR) is 83.7 cm³/mol. The number of benzene rings is 1. The Balaban J connectivity index is 2.34. The van der Waals surface area contributed by atoms with Gasteiger partial charge in [0.15, 0.2) is 0 Å². The van der Waals surface area contributed by atoms with Crippen LogP contribution in [0, 0.1) is 17.8 Å². The Morgan fingerprint density at radius 1 is 1.24 bits per heavy atom. The molecule has 3 unspecified atom stereocenters. The van der Waals surface area contributed by atoms with Gasteiger partial charge in [-0.3, -0.25) is 4.90 Å². The minimum absolute atomic E-state index is 0.00999. The molecule has 21 heavy (non-hydrogen) atoms. The van der Waals surface area contributed by atoms with Gasteiger partial charge in [0.05, 0.1) is 0 Å². The van der Waals surface area contributed by atoms with Crippen molar-refractivity contribution in [1.29, 1.82) is 0 Å². The zero-order valence-corrected chi connectivity index (χ0v) is 13.0. The minimum atomic E-state index is -0.912. The van der Waals surface area contributed by atoms with Crippen LogP contribution >= 0.6 is 0 Å². The highest BCUT2D eigenvalue weighted by Crippen LogP contribution is 2.38. The standard InChI is InChI=1S/C17H25NO3/c1-11(2)15-9-4-12(3)10-16(15)18(17(20)21)13-5-7-14(19)8-6-13/h5-8,11-12,15-16,19H,4,9-10H2,1-3H3,(H,20,21). The van der Waals surface area contributed by atoms with E-state index in [2.05, 4.69) is 20.8 Å². The first kappa shape index (κ1) is 15.7. The maximum atomic E-state index is 11.8. The van der Waals surface area contributed by atoms with Crippen LogP contribution in [0.2, 0.25) is 0 Å². The average molecular weight is 291 g/mol. The molecular formula is C17H25NO3. The molecule has 116 valence electrons. The summed E-state index contributed by atoms with van der Waals surface area (Å²) in [6.45, 7) is 6.54. The highest BCUT2D eigenvalue weighted by molar-refractivity contribution is 5.87. The van der Waals surface area contributed by atoms with Crippen molar-refractivity contribution >= 4 is 11.8 Å². The van der Waals surface area contributed by atoms with Crippen molar-refractivity contribution in [2.24, 2.45) is 17.8 Å². The molecular weight excluding hydrogens is 266 g/mol. The molecule has 0 spiro atoms. The van der Waals surface area contributed by atoms with E-state index in [1.54, 1.807) is 24.3 Å². The topological polar surface area (TPSA) is 60.8 Å². The fourth-order valence-electron chi connectivity index (χ4n) is 3.51. The number of nitrogens with zero attached hydrogens (tertiary/aromatic N) is 1. The number of amides is 1. The number of carboxylic acid groups (broad SMARTS) is 1. The SMILES string of the molecule is CC1CCC(C(C)C)C(N(C(=O)O)c2ccc(O)cc2)C1. The lowest BCUT2D eigenvalue weighted by atomic mass is 9.73. The highest BCUT2D eigenvalue weighted by Gasteiger charge is 2.37. The molecule has 1 amide bonds. The van der Waals surface area contributed by atoms with Crippen LogP contribution < -0.4 is 4.90 Å². The van der Waals surface area contributed by atoms with E-state index >= 15 is 0 Å². The molecule has 1 saturated carbocycles. The Kier molecular flexibility index (Phi) is 4.76. The van der Waals surface area contributed by atoms with Gasteiger partial charge in [-0.05, 0) is 54.9 Å². The molecule has 3 atom stereocenters.